The summed E-state index contributed by atoms with van der Waals surface area (Å²) >= 11 is 1.24. The molecule has 0 amide bonds. The smallest absolute Gasteiger partial charge is 0.209 e. The normalized spacial score (nSPS) is 12.0. The molecule has 2 aromatic carbocycles. The SMILES string of the molecule is Cc1ccc(-c2nc(SC/C(O)=C(\C#N)c3nc4ccccc4[nH]3)n[nH]2)cc1. The number of nitrogens with zero attached hydrogens (tertiary/aromatic N) is 4. The molecule has 28 heavy (non-hydrogen) atoms. The third kappa shape index (κ3) is 3.61. The number of hydrogen-bond donors (Lipinski definition) is 3. The van der Waals surface area contributed by atoms with Crippen molar-refractivity contribution >= 4 is 28.4 Å². The van der Waals surface area contributed by atoms with E-state index in [9.17, 15) is 10.4 Å². The molecule has 0 spiro atoms. The zero-order valence-corrected chi connectivity index (χ0v) is 15.8. The highest BCUT2D eigenvalue weighted by Crippen LogP contribution is 2.24. The Kier molecular flexibility index (Phi) is 4.83. The van der Waals surface area contributed by atoms with Gasteiger partial charge in [-0.15, -0.1) is 5.10 Å². The zero-order chi connectivity index (χ0) is 19.5. The van der Waals surface area contributed by atoms with E-state index in [0.29, 0.717) is 16.8 Å². The summed E-state index contributed by atoms with van der Waals surface area (Å²) in [6.07, 6.45) is 0. The molecule has 0 atom stereocenters. The molecule has 0 fully saturated rings. The second-order valence-corrected chi connectivity index (χ2v) is 7.10. The Morgan fingerprint density at radius 2 is 1.93 bits per heavy atom. The highest BCUT2D eigenvalue weighted by atomic mass is 32.2. The first-order valence-corrected chi connectivity index (χ1v) is 9.52. The van der Waals surface area contributed by atoms with Crippen molar-refractivity contribution in [2.45, 2.75) is 12.1 Å². The van der Waals surface area contributed by atoms with Crippen LogP contribution in [0.2, 0.25) is 0 Å². The first kappa shape index (κ1) is 17.8. The van der Waals surface area contributed by atoms with Gasteiger partial charge in [-0.05, 0) is 19.1 Å². The van der Waals surface area contributed by atoms with E-state index in [-0.39, 0.29) is 17.1 Å². The van der Waals surface area contributed by atoms with Gasteiger partial charge >= 0.3 is 0 Å². The fourth-order valence-electron chi connectivity index (χ4n) is 2.68. The second-order valence-electron chi connectivity index (χ2n) is 6.16. The van der Waals surface area contributed by atoms with Crippen LogP contribution in [0.5, 0.6) is 0 Å². The number of aliphatic hydroxyl groups excluding tert-OH is 1. The van der Waals surface area contributed by atoms with Crippen LogP contribution in [0.3, 0.4) is 0 Å². The Balaban J connectivity index is 1.51. The number of allylic oxidation sites excluding steroid dienone is 1. The molecule has 0 saturated heterocycles. The van der Waals surface area contributed by atoms with Crippen molar-refractivity contribution in [3.63, 3.8) is 0 Å². The summed E-state index contributed by atoms with van der Waals surface area (Å²) in [4.78, 5) is 11.9. The number of para-hydroxylation sites is 2. The second kappa shape index (κ2) is 7.58. The average molecular weight is 388 g/mol. The number of nitrogens with one attached hydrogen (secondary N) is 2. The van der Waals surface area contributed by atoms with Crippen LogP contribution in [0.25, 0.3) is 28.0 Å². The lowest BCUT2D eigenvalue weighted by Crippen LogP contribution is -1.95. The van der Waals surface area contributed by atoms with Gasteiger partial charge in [0.1, 0.15) is 17.4 Å². The van der Waals surface area contributed by atoms with E-state index in [1.54, 1.807) is 0 Å². The van der Waals surface area contributed by atoms with Crippen LogP contribution in [0, 0.1) is 18.3 Å². The van der Waals surface area contributed by atoms with Gasteiger partial charge in [0.25, 0.3) is 0 Å². The van der Waals surface area contributed by atoms with Crippen LogP contribution in [-0.4, -0.2) is 36.0 Å². The highest BCUT2D eigenvalue weighted by molar-refractivity contribution is 7.99. The van der Waals surface area contributed by atoms with Crippen molar-refractivity contribution in [1.29, 1.82) is 5.26 Å². The molecule has 3 N–H and O–H groups in total. The molecular formula is C20H16N6OS. The van der Waals surface area contributed by atoms with Gasteiger partial charge in [-0.2, -0.15) is 5.26 Å². The van der Waals surface area contributed by atoms with Crippen LogP contribution in [0.15, 0.2) is 59.4 Å². The molecule has 4 aromatic rings. The summed E-state index contributed by atoms with van der Waals surface area (Å²) < 4.78 is 0. The minimum atomic E-state index is -0.0757. The van der Waals surface area contributed by atoms with Gasteiger partial charge in [0.2, 0.25) is 5.16 Å². The maximum atomic E-state index is 10.4. The lowest BCUT2D eigenvalue weighted by Gasteiger charge is -2.00. The fourth-order valence-corrected chi connectivity index (χ4v) is 3.36. The topological polar surface area (TPSA) is 114 Å². The molecule has 0 radical (unpaired) electrons. The van der Waals surface area contributed by atoms with Gasteiger partial charge in [0, 0.05) is 5.56 Å². The predicted molar refractivity (Wildman–Crippen MR) is 109 cm³/mol. The Hall–Kier alpha value is -3.57. The summed E-state index contributed by atoms with van der Waals surface area (Å²) in [6.45, 7) is 2.02. The summed E-state index contributed by atoms with van der Waals surface area (Å²) in [5, 5.41) is 27.4. The molecule has 0 aliphatic heterocycles. The van der Waals surface area contributed by atoms with Gasteiger partial charge in [-0.3, -0.25) is 5.10 Å². The maximum Gasteiger partial charge on any atom is 0.209 e. The van der Waals surface area contributed by atoms with Crippen molar-refractivity contribution < 1.29 is 5.11 Å². The molecular weight excluding hydrogens is 372 g/mol. The number of aryl methyl sites for hydroxylation is 1. The van der Waals surface area contributed by atoms with Gasteiger partial charge in [0.05, 0.1) is 16.8 Å². The van der Waals surface area contributed by atoms with Crippen molar-refractivity contribution in [2.24, 2.45) is 0 Å². The zero-order valence-electron chi connectivity index (χ0n) is 15.0. The van der Waals surface area contributed by atoms with E-state index in [4.69, 9.17) is 0 Å². The number of imidazole rings is 1. The van der Waals surface area contributed by atoms with Crippen LogP contribution in [-0.2, 0) is 0 Å². The third-order valence-electron chi connectivity index (χ3n) is 4.15. The Labute approximate surface area is 165 Å². The Morgan fingerprint density at radius 1 is 1.14 bits per heavy atom. The number of rotatable bonds is 5. The number of benzene rings is 2. The van der Waals surface area contributed by atoms with Gasteiger partial charge in [-0.25, -0.2) is 9.97 Å². The lowest BCUT2D eigenvalue weighted by atomic mass is 10.1. The van der Waals surface area contributed by atoms with E-state index >= 15 is 0 Å². The molecule has 0 bridgehead atoms. The summed E-state index contributed by atoms with van der Waals surface area (Å²) in [7, 11) is 0. The first-order chi connectivity index (χ1) is 13.6. The molecule has 4 rings (SSSR count). The number of aromatic nitrogens is 5. The Bertz CT molecular complexity index is 1170. The quantitative estimate of drug-likeness (QED) is 0.268. The largest absolute Gasteiger partial charge is 0.510 e. The minimum absolute atomic E-state index is 0.0757. The molecule has 138 valence electrons. The van der Waals surface area contributed by atoms with Crippen LogP contribution < -0.4 is 0 Å². The highest BCUT2D eigenvalue weighted by Gasteiger charge is 2.14. The lowest BCUT2D eigenvalue weighted by molar-refractivity contribution is 0.420. The van der Waals surface area contributed by atoms with Crippen LogP contribution >= 0.6 is 11.8 Å². The Morgan fingerprint density at radius 3 is 2.68 bits per heavy atom. The van der Waals surface area contributed by atoms with E-state index in [0.717, 1.165) is 16.6 Å². The minimum Gasteiger partial charge on any atom is -0.510 e. The van der Waals surface area contributed by atoms with Gasteiger partial charge in [0.15, 0.2) is 11.6 Å². The third-order valence-corrected chi connectivity index (χ3v) is 5.01. The molecule has 0 aliphatic carbocycles. The molecule has 7 nitrogen and oxygen atoms in total. The number of aliphatic hydroxyl groups is 1. The van der Waals surface area contributed by atoms with E-state index in [1.807, 2.05) is 61.5 Å². The average Bonchev–Trinajstić information content (AvgIpc) is 3.34. The molecule has 2 aromatic heterocycles. The predicted octanol–water partition coefficient (Wildman–Crippen LogP) is 4.24. The summed E-state index contributed by atoms with van der Waals surface area (Å²) in [5.74, 6) is 1.08. The fraction of sp³-hybridized carbons (Fsp3) is 0.100. The van der Waals surface area contributed by atoms with E-state index < -0.39 is 0 Å². The number of nitriles is 1. The summed E-state index contributed by atoms with van der Waals surface area (Å²) in [5.41, 5.74) is 3.76. The van der Waals surface area contributed by atoms with Crippen LogP contribution in [0.1, 0.15) is 11.4 Å². The van der Waals surface area contributed by atoms with Crippen molar-refractivity contribution in [2.75, 3.05) is 5.75 Å². The standard InChI is InChI=1S/C20H16N6OS/c1-12-6-8-13(9-7-12)18-24-20(26-25-18)28-11-17(27)14(10-21)19-22-15-4-2-3-5-16(15)23-19/h2-9,27H,11H2,1H3,(H,22,23)(H,24,25,26)/b17-14-. The van der Waals surface area contributed by atoms with Gasteiger partial charge in [-0.1, -0.05) is 53.7 Å². The van der Waals surface area contributed by atoms with Crippen molar-refractivity contribution in [1.82, 2.24) is 25.1 Å². The first-order valence-electron chi connectivity index (χ1n) is 8.53. The number of fused-ring (bicyclic) bond motifs is 1. The molecule has 0 aliphatic rings. The van der Waals surface area contributed by atoms with Gasteiger partial charge < -0.3 is 10.1 Å². The molecule has 8 heteroatoms. The molecule has 0 unspecified atom stereocenters. The van der Waals surface area contributed by atoms with Crippen molar-refractivity contribution in [3.05, 3.63) is 65.7 Å². The number of H-pyrrole nitrogens is 2. The molecule has 0 saturated carbocycles. The monoisotopic (exact) mass is 388 g/mol. The number of aromatic amines is 2. The number of hydrogen-bond acceptors (Lipinski definition) is 6. The summed E-state index contributed by atoms with van der Waals surface area (Å²) in [6, 6.07) is 17.4. The van der Waals surface area contributed by atoms with Crippen molar-refractivity contribution in [3.8, 4) is 17.5 Å². The maximum absolute atomic E-state index is 10.4. The van der Waals surface area contributed by atoms with Crippen LogP contribution in [0.4, 0.5) is 0 Å². The van der Waals surface area contributed by atoms with E-state index in [1.165, 1.54) is 17.3 Å². The number of thioether (sulfide) groups is 1. The van der Waals surface area contributed by atoms with E-state index in [2.05, 4.69) is 25.1 Å². The molecule has 2 heterocycles.